The zero-order valence-electron chi connectivity index (χ0n) is 10.9. The Balaban J connectivity index is 2.02. The van der Waals surface area contributed by atoms with Crippen molar-refractivity contribution < 1.29 is 9.53 Å². The topological polar surface area (TPSA) is 70.1 Å². The van der Waals surface area contributed by atoms with Gasteiger partial charge in [0.1, 0.15) is 5.69 Å². The molecule has 0 amide bonds. The molecule has 0 bridgehead atoms. The fourth-order valence-corrected chi connectivity index (χ4v) is 1.81. The second kappa shape index (κ2) is 6.04. The maximum Gasteiger partial charge on any atom is 0.356 e. The van der Waals surface area contributed by atoms with E-state index in [0.29, 0.717) is 18.8 Å². The summed E-state index contributed by atoms with van der Waals surface area (Å²) in [5.74, 6) is -0.336. The number of hydrogen-bond donors (Lipinski definition) is 1. The molecule has 0 radical (unpaired) electrons. The molecule has 5 nitrogen and oxygen atoms in total. The molecule has 0 spiro atoms. The van der Waals surface area contributed by atoms with E-state index in [9.17, 15) is 4.79 Å². The van der Waals surface area contributed by atoms with Crippen molar-refractivity contribution in [2.75, 3.05) is 12.3 Å². The molecule has 5 heteroatoms. The number of aromatic nitrogens is 2. The summed E-state index contributed by atoms with van der Waals surface area (Å²) in [5, 5.41) is 0. The van der Waals surface area contributed by atoms with Crippen molar-refractivity contribution in [2.24, 2.45) is 0 Å². The highest BCUT2D eigenvalue weighted by Gasteiger charge is 2.12. The number of hydrogen-bond acceptors (Lipinski definition) is 4. The van der Waals surface area contributed by atoms with Gasteiger partial charge in [-0.25, -0.2) is 9.78 Å². The molecule has 0 saturated carbocycles. The Labute approximate surface area is 112 Å². The van der Waals surface area contributed by atoms with Gasteiger partial charge in [-0.05, 0) is 31.0 Å². The van der Waals surface area contributed by atoms with Crippen LogP contribution in [0.1, 0.15) is 23.0 Å². The van der Waals surface area contributed by atoms with E-state index in [1.807, 2.05) is 24.3 Å². The predicted molar refractivity (Wildman–Crippen MR) is 72.7 cm³/mol. The van der Waals surface area contributed by atoms with Crippen LogP contribution >= 0.6 is 0 Å². The third kappa shape index (κ3) is 3.34. The van der Waals surface area contributed by atoms with Crippen molar-refractivity contribution in [3.63, 3.8) is 0 Å². The first-order valence-electron chi connectivity index (χ1n) is 6.22. The van der Waals surface area contributed by atoms with Crippen molar-refractivity contribution in [3.05, 3.63) is 48.0 Å². The van der Waals surface area contributed by atoms with Gasteiger partial charge in [0.25, 0.3) is 0 Å². The Kier molecular flexibility index (Phi) is 4.18. The van der Waals surface area contributed by atoms with Crippen LogP contribution in [0.25, 0.3) is 0 Å². The number of rotatable bonds is 5. The highest BCUT2D eigenvalue weighted by atomic mass is 16.5. The number of esters is 1. The molecule has 0 fully saturated rings. The third-order valence-corrected chi connectivity index (χ3v) is 2.82. The molecular weight excluding hydrogens is 242 g/mol. The highest BCUT2D eigenvalue weighted by Crippen LogP contribution is 2.09. The molecule has 1 aromatic carbocycles. The second-order valence-electron chi connectivity index (χ2n) is 4.18. The largest absolute Gasteiger partial charge is 0.461 e. The lowest BCUT2D eigenvalue weighted by Gasteiger charge is -2.07. The van der Waals surface area contributed by atoms with Gasteiger partial charge in [-0.15, -0.1) is 0 Å². The number of nitrogens with zero attached hydrogens (tertiary/aromatic N) is 2. The van der Waals surface area contributed by atoms with Crippen LogP contribution in [0, 0.1) is 0 Å². The van der Waals surface area contributed by atoms with Crippen LogP contribution in [0.5, 0.6) is 0 Å². The Bertz CT molecular complexity index is 546. The summed E-state index contributed by atoms with van der Waals surface area (Å²) < 4.78 is 6.78. The number of ether oxygens (including phenoxy) is 1. The van der Waals surface area contributed by atoms with Gasteiger partial charge in [0.15, 0.2) is 0 Å². The molecule has 100 valence electrons. The van der Waals surface area contributed by atoms with Crippen LogP contribution in [0.15, 0.2) is 36.8 Å². The molecule has 19 heavy (non-hydrogen) atoms. The van der Waals surface area contributed by atoms with Crippen LogP contribution < -0.4 is 5.73 Å². The maximum absolute atomic E-state index is 11.7. The first-order chi connectivity index (χ1) is 9.20. The molecule has 0 saturated heterocycles. The molecule has 0 atom stereocenters. The average molecular weight is 259 g/mol. The lowest BCUT2D eigenvalue weighted by Crippen LogP contribution is -2.12. The van der Waals surface area contributed by atoms with Crippen LogP contribution in [0.2, 0.25) is 0 Å². The van der Waals surface area contributed by atoms with Crippen molar-refractivity contribution in [1.82, 2.24) is 9.55 Å². The molecule has 0 aliphatic rings. The number of aryl methyl sites for hydroxylation is 2. The Morgan fingerprint density at radius 2 is 2.11 bits per heavy atom. The van der Waals surface area contributed by atoms with Gasteiger partial charge in [-0.1, -0.05) is 12.1 Å². The first kappa shape index (κ1) is 13.1. The van der Waals surface area contributed by atoms with E-state index < -0.39 is 0 Å². The van der Waals surface area contributed by atoms with Crippen molar-refractivity contribution in [3.8, 4) is 0 Å². The van der Waals surface area contributed by atoms with Crippen LogP contribution in [-0.2, 0) is 17.7 Å². The van der Waals surface area contributed by atoms with Crippen molar-refractivity contribution in [1.29, 1.82) is 0 Å². The summed E-state index contributed by atoms with van der Waals surface area (Å²) in [4.78, 5) is 15.7. The van der Waals surface area contributed by atoms with E-state index in [1.54, 1.807) is 17.8 Å². The second-order valence-corrected chi connectivity index (χ2v) is 4.18. The first-order valence-corrected chi connectivity index (χ1v) is 6.22. The summed E-state index contributed by atoms with van der Waals surface area (Å²) in [7, 11) is 0. The molecule has 2 N–H and O–H groups in total. The molecular formula is C14H17N3O2. The SMILES string of the molecule is CCOC(=O)c1cncn1CCc1ccc(N)cc1. The predicted octanol–water partition coefficient (Wildman–Crippen LogP) is 1.88. The number of carbonyl (C=O) groups excluding carboxylic acids is 1. The van der Waals surface area contributed by atoms with Gasteiger partial charge < -0.3 is 15.0 Å². The van der Waals surface area contributed by atoms with Crippen LogP contribution in [-0.4, -0.2) is 22.1 Å². The smallest absolute Gasteiger partial charge is 0.356 e. The summed E-state index contributed by atoms with van der Waals surface area (Å²) in [6.45, 7) is 2.83. The summed E-state index contributed by atoms with van der Waals surface area (Å²) in [6.07, 6.45) is 3.98. The number of nitrogen functional groups attached to an aromatic ring is 1. The zero-order chi connectivity index (χ0) is 13.7. The Hall–Kier alpha value is -2.30. The van der Waals surface area contributed by atoms with Crippen LogP contribution in [0.4, 0.5) is 5.69 Å². The Morgan fingerprint density at radius 1 is 1.37 bits per heavy atom. The Morgan fingerprint density at radius 3 is 2.79 bits per heavy atom. The van der Waals surface area contributed by atoms with E-state index in [-0.39, 0.29) is 5.97 Å². The molecule has 1 heterocycles. The van der Waals surface area contributed by atoms with E-state index >= 15 is 0 Å². The zero-order valence-corrected chi connectivity index (χ0v) is 10.9. The van der Waals surface area contributed by atoms with E-state index in [4.69, 9.17) is 10.5 Å². The minimum absolute atomic E-state index is 0.336. The number of imidazole rings is 1. The molecule has 0 aliphatic heterocycles. The average Bonchev–Trinajstić information content (AvgIpc) is 2.87. The van der Waals surface area contributed by atoms with Gasteiger partial charge in [0, 0.05) is 12.2 Å². The van der Waals surface area contributed by atoms with Gasteiger partial charge in [0.2, 0.25) is 0 Å². The van der Waals surface area contributed by atoms with Gasteiger partial charge in [-0.2, -0.15) is 0 Å². The molecule has 1 aromatic heterocycles. The molecule has 2 rings (SSSR count). The number of benzene rings is 1. The quantitative estimate of drug-likeness (QED) is 0.657. The minimum Gasteiger partial charge on any atom is -0.461 e. The van der Waals surface area contributed by atoms with E-state index in [1.165, 1.54) is 6.20 Å². The fourth-order valence-electron chi connectivity index (χ4n) is 1.81. The molecule has 0 aliphatic carbocycles. The molecule has 2 aromatic rings. The minimum atomic E-state index is -0.336. The van der Waals surface area contributed by atoms with Gasteiger partial charge >= 0.3 is 5.97 Å². The summed E-state index contributed by atoms with van der Waals surface area (Å²) >= 11 is 0. The fraction of sp³-hybridized carbons (Fsp3) is 0.286. The number of nitrogens with two attached hydrogens (primary N) is 1. The maximum atomic E-state index is 11.7. The standard InChI is InChI=1S/C14H17N3O2/c1-2-19-14(18)13-9-16-10-17(13)8-7-11-3-5-12(15)6-4-11/h3-6,9-10H,2,7-8,15H2,1H3. The van der Waals surface area contributed by atoms with Crippen LogP contribution in [0.3, 0.4) is 0 Å². The van der Waals surface area contributed by atoms with E-state index in [0.717, 1.165) is 17.7 Å². The summed E-state index contributed by atoms with van der Waals surface area (Å²) in [6, 6.07) is 7.71. The third-order valence-electron chi connectivity index (χ3n) is 2.82. The van der Waals surface area contributed by atoms with Gasteiger partial charge in [0.05, 0.1) is 19.1 Å². The normalized spacial score (nSPS) is 10.4. The van der Waals surface area contributed by atoms with Crippen molar-refractivity contribution in [2.45, 2.75) is 19.9 Å². The molecule has 0 unspecified atom stereocenters. The highest BCUT2D eigenvalue weighted by molar-refractivity contribution is 5.87. The number of anilines is 1. The van der Waals surface area contributed by atoms with Gasteiger partial charge in [-0.3, -0.25) is 0 Å². The summed E-state index contributed by atoms with van der Waals surface area (Å²) in [5.41, 5.74) is 8.04. The number of carbonyl (C=O) groups is 1. The van der Waals surface area contributed by atoms with Crippen molar-refractivity contribution >= 4 is 11.7 Å². The van der Waals surface area contributed by atoms with E-state index in [2.05, 4.69) is 4.98 Å². The monoisotopic (exact) mass is 259 g/mol. The lowest BCUT2D eigenvalue weighted by molar-refractivity contribution is 0.0513. The lowest BCUT2D eigenvalue weighted by atomic mass is 10.1.